The van der Waals surface area contributed by atoms with Gasteiger partial charge in [-0.15, -0.1) is 9.24 Å². The molecule has 0 heterocycles. The van der Waals surface area contributed by atoms with Crippen molar-refractivity contribution in [1.29, 1.82) is 0 Å². The maximum absolute atomic E-state index is 2.91. The number of nitrogens with zero attached hydrogens (tertiary/aromatic N) is 1. The number of anilines is 1. The van der Waals surface area contributed by atoms with Gasteiger partial charge in [0.2, 0.25) is 0 Å². The lowest BCUT2D eigenvalue weighted by atomic mass is 10.0. The Kier molecular flexibility index (Phi) is 6.93. The van der Waals surface area contributed by atoms with Gasteiger partial charge in [-0.05, 0) is 30.1 Å². The topological polar surface area (TPSA) is 3.24 Å². The molecule has 3 rings (SSSR count). The second-order valence-corrected chi connectivity index (χ2v) is 7.12. The van der Waals surface area contributed by atoms with Crippen LogP contribution in [0.25, 0.3) is 11.1 Å². The molecular weight excluding hydrogens is 285 g/mol. The summed E-state index contributed by atoms with van der Waals surface area (Å²) in [7, 11) is 7.05. The Hall–Kier alpha value is -1.33. The van der Waals surface area contributed by atoms with Crippen LogP contribution in [0.1, 0.15) is 32.1 Å². The van der Waals surface area contributed by atoms with Crippen LogP contribution >= 0.6 is 9.24 Å². The molecule has 1 nitrogen and oxygen atoms in total. The average molecular weight is 313 g/mol. The van der Waals surface area contributed by atoms with Gasteiger partial charge in [-0.2, -0.15) is 0 Å². The molecule has 1 aliphatic carbocycles. The predicted molar refractivity (Wildman–Crippen MR) is 103 cm³/mol. The second-order valence-electron chi connectivity index (χ2n) is 6.18. The molecule has 2 aromatic carbocycles. The summed E-state index contributed by atoms with van der Waals surface area (Å²) in [6.07, 6.45) is 7.31. The number of hydrogen-bond donors (Lipinski definition) is 0. The SMILES string of the molecule is CN(C)c1ccccc1-c1ccccc1.PC1CCCCC1. The number of benzene rings is 2. The van der Waals surface area contributed by atoms with Crippen molar-refractivity contribution in [2.24, 2.45) is 0 Å². The second kappa shape index (κ2) is 8.96. The highest BCUT2D eigenvalue weighted by Crippen LogP contribution is 2.29. The number of hydrogen-bond acceptors (Lipinski definition) is 1. The predicted octanol–water partition coefficient (Wildman–Crippen LogP) is 5.61. The molecule has 2 aromatic rings. The van der Waals surface area contributed by atoms with Crippen molar-refractivity contribution < 1.29 is 0 Å². The summed E-state index contributed by atoms with van der Waals surface area (Å²) in [5, 5.41) is 0. The van der Waals surface area contributed by atoms with Gasteiger partial charge in [-0.1, -0.05) is 67.8 Å². The first kappa shape index (κ1) is 17.0. The van der Waals surface area contributed by atoms with Gasteiger partial charge in [0.1, 0.15) is 0 Å². The van der Waals surface area contributed by atoms with E-state index in [1.165, 1.54) is 48.9 Å². The minimum Gasteiger partial charge on any atom is -0.377 e. The summed E-state index contributed by atoms with van der Waals surface area (Å²) in [6, 6.07) is 18.9. The molecule has 2 heteroatoms. The Bertz CT molecular complexity index is 545. The van der Waals surface area contributed by atoms with Crippen LogP contribution in [0.15, 0.2) is 54.6 Å². The van der Waals surface area contributed by atoms with E-state index in [0.29, 0.717) is 0 Å². The van der Waals surface area contributed by atoms with Crippen LogP contribution in [0, 0.1) is 0 Å². The third-order valence-corrected chi connectivity index (χ3v) is 4.79. The molecule has 1 fully saturated rings. The summed E-state index contributed by atoms with van der Waals surface area (Å²) in [5.74, 6) is 0. The standard InChI is InChI=1S/C14H15N.C6H13P/c1-15(2)14-11-7-6-10-13(14)12-8-4-3-5-9-12;7-6-4-2-1-3-5-6/h3-11H,1-2H3;6H,1-5,7H2. The molecule has 0 N–H and O–H groups in total. The first-order valence-electron chi connectivity index (χ1n) is 8.26. The fraction of sp³-hybridized carbons (Fsp3) is 0.400. The van der Waals surface area contributed by atoms with E-state index in [4.69, 9.17) is 0 Å². The summed E-state index contributed by atoms with van der Waals surface area (Å²) < 4.78 is 0. The minimum atomic E-state index is 0.953. The molecule has 0 spiro atoms. The van der Waals surface area contributed by atoms with E-state index in [1.807, 2.05) is 6.07 Å². The molecule has 22 heavy (non-hydrogen) atoms. The van der Waals surface area contributed by atoms with E-state index < -0.39 is 0 Å². The molecule has 0 bridgehead atoms. The monoisotopic (exact) mass is 313 g/mol. The summed E-state index contributed by atoms with van der Waals surface area (Å²) in [4.78, 5) is 2.14. The van der Waals surface area contributed by atoms with Gasteiger partial charge >= 0.3 is 0 Å². The first-order valence-corrected chi connectivity index (χ1v) is 8.92. The van der Waals surface area contributed by atoms with Gasteiger partial charge < -0.3 is 4.90 Å². The van der Waals surface area contributed by atoms with Crippen molar-refractivity contribution in [3.8, 4) is 11.1 Å². The Labute approximate surface area is 137 Å². The summed E-state index contributed by atoms with van der Waals surface area (Å²) in [6.45, 7) is 0. The Morgan fingerprint density at radius 2 is 1.41 bits per heavy atom. The van der Waals surface area contributed by atoms with Gasteiger partial charge in [-0.3, -0.25) is 0 Å². The Morgan fingerprint density at radius 1 is 0.818 bits per heavy atom. The Morgan fingerprint density at radius 3 is 1.95 bits per heavy atom. The lowest BCUT2D eigenvalue weighted by Gasteiger charge is -2.17. The lowest BCUT2D eigenvalue weighted by Crippen LogP contribution is -2.09. The van der Waals surface area contributed by atoms with E-state index >= 15 is 0 Å². The van der Waals surface area contributed by atoms with Crippen LogP contribution in [0.4, 0.5) is 5.69 Å². The van der Waals surface area contributed by atoms with Crippen LogP contribution in [-0.4, -0.2) is 19.8 Å². The van der Waals surface area contributed by atoms with Crippen LogP contribution < -0.4 is 4.90 Å². The van der Waals surface area contributed by atoms with E-state index in [-0.39, 0.29) is 0 Å². The molecule has 0 radical (unpaired) electrons. The van der Waals surface area contributed by atoms with E-state index in [1.54, 1.807) is 0 Å². The van der Waals surface area contributed by atoms with E-state index in [2.05, 4.69) is 76.8 Å². The molecule has 1 atom stereocenters. The van der Waals surface area contributed by atoms with Crippen LogP contribution in [0.2, 0.25) is 0 Å². The van der Waals surface area contributed by atoms with Gasteiger partial charge in [-0.25, -0.2) is 0 Å². The fourth-order valence-electron chi connectivity index (χ4n) is 2.86. The third-order valence-electron chi connectivity index (χ3n) is 4.12. The zero-order chi connectivity index (χ0) is 15.8. The van der Waals surface area contributed by atoms with Gasteiger partial charge in [0, 0.05) is 25.3 Å². The van der Waals surface area contributed by atoms with E-state index in [0.717, 1.165) is 5.66 Å². The molecule has 0 amide bonds. The fourth-order valence-corrected chi connectivity index (χ4v) is 3.33. The zero-order valence-corrected chi connectivity index (χ0v) is 15.0. The summed E-state index contributed by atoms with van der Waals surface area (Å²) >= 11 is 0. The molecule has 1 unspecified atom stereocenters. The molecule has 0 aromatic heterocycles. The molecule has 0 aliphatic heterocycles. The van der Waals surface area contributed by atoms with Crippen molar-refractivity contribution >= 4 is 14.9 Å². The van der Waals surface area contributed by atoms with Crippen molar-refractivity contribution in [3.63, 3.8) is 0 Å². The van der Waals surface area contributed by atoms with Crippen molar-refractivity contribution in [2.75, 3.05) is 19.0 Å². The average Bonchev–Trinajstić information content (AvgIpc) is 2.57. The molecule has 0 saturated heterocycles. The van der Waals surface area contributed by atoms with Gasteiger partial charge in [0.05, 0.1) is 0 Å². The quantitative estimate of drug-likeness (QED) is 0.651. The highest BCUT2D eigenvalue weighted by atomic mass is 31.0. The highest BCUT2D eigenvalue weighted by molar-refractivity contribution is 7.17. The van der Waals surface area contributed by atoms with Crippen LogP contribution in [0.5, 0.6) is 0 Å². The van der Waals surface area contributed by atoms with E-state index in [9.17, 15) is 0 Å². The summed E-state index contributed by atoms with van der Waals surface area (Å²) in [5.41, 5.74) is 4.75. The zero-order valence-electron chi connectivity index (χ0n) is 13.8. The van der Waals surface area contributed by atoms with Crippen molar-refractivity contribution in [3.05, 3.63) is 54.6 Å². The molecular formula is C20H28NP. The van der Waals surface area contributed by atoms with Gasteiger partial charge in [0.25, 0.3) is 0 Å². The smallest absolute Gasteiger partial charge is 0.0440 e. The van der Waals surface area contributed by atoms with Crippen LogP contribution in [0.3, 0.4) is 0 Å². The van der Waals surface area contributed by atoms with Crippen molar-refractivity contribution in [1.82, 2.24) is 0 Å². The van der Waals surface area contributed by atoms with Crippen LogP contribution in [-0.2, 0) is 0 Å². The number of para-hydroxylation sites is 1. The molecule has 1 aliphatic rings. The maximum atomic E-state index is 2.91. The lowest BCUT2D eigenvalue weighted by molar-refractivity contribution is 0.516. The number of rotatable bonds is 2. The largest absolute Gasteiger partial charge is 0.377 e. The Balaban J connectivity index is 0.000000211. The van der Waals surface area contributed by atoms with Crippen molar-refractivity contribution in [2.45, 2.75) is 37.8 Å². The van der Waals surface area contributed by atoms with Gasteiger partial charge in [0.15, 0.2) is 0 Å². The molecule has 1 saturated carbocycles. The minimum absolute atomic E-state index is 0.953. The first-order chi connectivity index (χ1) is 10.7. The maximum Gasteiger partial charge on any atom is 0.0440 e. The molecule has 118 valence electrons. The normalized spacial score (nSPS) is 14.9. The third kappa shape index (κ3) is 5.14. The highest BCUT2D eigenvalue weighted by Gasteiger charge is 2.06.